The molecule has 0 radical (unpaired) electrons. The van der Waals surface area contributed by atoms with Crippen molar-refractivity contribution in [2.45, 2.75) is 13.5 Å². The Bertz CT molecular complexity index is 960. The topological polar surface area (TPSA) is 52.8 Å². The first-order valence-electron chi connectivity index (χ1n) is 7.32. The molecular formula is C17H14N4OS. The number of pyridine rings is 1. The van der Waals surface area contributed by atoms with Crippen LogP contribution in [-0.2, 0) is 6.54 Å². The van der Waals surface area contributed by atoms with Crippen LogP contribution in [0.3, 0.4) is 0 Å². The first-order chi connectivity index (χ1) is 11.3. The maximum absolute atomic E-state index is 5.96. The largest absolute Gasteiger partial charge is 0.457 e. The summed E-state index contributed by atoms with van der Waals surface area (Å²) in [5.41, 5.74) is 4.66. The van der Waals surface area contributed by atoms with Gasteiger partial charge in [-0.2, -0.15) is 5.10 Å². The van der Waals surface area contributed by atoms with E-state index >= 15 is 0 Å². The summed E-state index contributed by atoms with van der Waals surface area (Å²) in [6, 6.07) is 9.67. The summed E-state index contributed by atoms with van der Waals surface area (Å²) in [6.07, 6.45) is 5.55. The van der Waals surface area contributed by atoms with E-state index < -0.39 is 0 Å². The van der Waals surface area contributed by atoms with Crippen LogP contribution in [-0.4, -0.2) is 19.7 Å². The van der Waals surface area contributed by atoms with Gasteiger partial charge in [-0.15, -0.1) is 11.3 Å². The van der Waals surface area contributed by atoms with Gasteiger partial charge in [0.15, 0.2) is 0 Å². The number of thiazole rings is 1. The second-order valence-electron chi connectivity index (χ2n) is 5.05. The molecule has 0 amide bonds. The molecule has 23 heavy (non-hydrogen) atoms. The van der Waals surface area contributed by atoms with Gasteiger partial charge in [-0.25, -0.2) is 4.98 Å². The fraction of sp³-hybridized carbons (Fsp3) is 0.118. The monoisotopic (exact) mass is 322 g/mol. The van der Waals surface area contributed by atoms with Gasteiger partial charge in [-0.05, 0) is 25.1 Å². The van der Waals surface area contributed by atoms with Crippen LogP contribution in [0.2, 0.25) is 0 Å². The van der Waals surface area contributed by atoms with Crippen molar-refractivity contribution >= 4 is 21.6 Å². The lowest BCUT2D eigenvalue weighted by Gasteiger charge is -2.06. The van der Waals surface area contributed by atoms with Crippen molar-refractivity contribution in [3.63, 3.8) is 0 Å². The van der Waals surface area contributed by atoms with Crippen molar-refractivity contribution in [2.24, 2.45) is 0 Å². The SMILES string of the molecule is CCn1cc(-c2cc(Oc3ccc4ncsc4c3)ccn2)cn1. The lowest BCUT2D eigenvalue weighted by Crippen LogP contribution is -1.92. The molecule has 1 aromatic carbocycles. The zero-order valence-corrected chi connectivity index (χ0v) is 13.3. The van der Waals surface area contributed by atoms with Crippen LogP contribution in [0.25, 0.3) is 21.5 Å². The first-order valence-corrected chi connectivity index (χ1v) is 8.20. The molecule has 114 valence electrons. The van der Waals surface area contributed by atoms with Crippen molar-refractivity contribution in [3.8, 4) is 22.8 Å². The van der Waals surface area contributed by atoms with E-state index in [4.69, 9.17) is 4.74 Å². The van der Waals surface area contributed by atoms with Crippen molar-refractivity contribution < 1.29 is 4.74 Å². The zero-order chi connectivity index (χ0) is 15.6. The van der Waals surface area contributed by atoms with Gasteiger partial charge in [-0.1, -0.05) is 0 Å². The molecule has 4 aromatic rings. The Morgan fingerprint density at radius 2 is 2.04 bits per heavy atom. The average molecular weight is 322 g/mol. The van der Waals surface area contributed by atoms with Gasteiger partial charge < -0.3 is 4.74 Å². The Labute approximate surface area is 137 Å². The van der Waals surface area contributed by atoms with Crippen LogP contribution < -0.4 is 4.74 Å². The summed E-state index contributed by atoms with van der Waals surface area (Å²) in [6.45, 7) is 2.89. The van der Waals surface area contributed by atoms with Crippen LogP contribution in [0.1, 0.15) is 6.92 Å². The van der Waals surface area contributed by atoms with E-state index in [1.54, 1.807) is 17.5 Å². The predicted octanol–water partition coefficient (Wildman–Crippen LogP) is 4.37. The third-order valence-corrected chi connectivity index (χ3v) is 4.31. The molecule has 0 aliphatic rings. The highest BCUT2D eigenvalue weighted by Crippen LogP contribution is 2.29. The molecule has 3 aromatic heterocycles. The molecule has 6 heteroatoms. The fourth-order valence-corrected chi connectivity index (χ4v) is 3.04. The van der Waals surface area contributed by atoms with Gasteiger partial charge in [0.05, 0.1) is 27.6 Å². The number of aromatic nitrogens is 4. The highest BCUT2D eigenvalue weighted by Gasteiger charge is 2.06. The number of rotatable bonds is 4. The number of fused-ring (bicyclic) bond motifs is 1. The molecule has 0 aliphatic carbocycles. The van der Waals surface area contributed by atoms with Crippen molar-refractivity contribution in [1.82, 2.24) is 19.7 Å². The third-order valence-electron chi connectivity index (χ3n) is 3.52. The van der Waals surface area contributed by atoms with E-state index in [0.717, 1.165) is 39.5 Å². The Morgan fingerprint density at radius 1 is 1.13 bits per heavy atom. The minimum atomic E-state index is 0.753. The first kappa shape index (κ1) is 13.9. The highest BCUT2D eigenvalue weighted by molar-refractivity contribution is 7.16. The molecule has 0 saturated heterocycles. The molecule has 0 aliphatic heterocycles. The zero-order valence-electron chi connectivity index (χ0n) is 12.5. The summed E-state index contributed by atoms with van der Waals surface area (Å²) in [4.78, 5) is 8.67. The van der Waals surface area contributed by atoms with Crippen molar-refractivity contribution in [3.05, 3.63) is 54.4 Å². The molecule has 3 heterocycles. The molecule has 0 N–H and O–H groups in total. The number of nitrogens with zero attached hydrogens (tertiary/aromatic N) is 4. The minimum absolute atomic E-state index is 0.753. The Kier molecular flexibility index (Phi) is 3.51. The minimum Gasteiger partial charge on any atom is -0.457 e. The van der Waals surface area contributed by atoms with Crippen LogP contribution in [0, 0.1) is 0 Å². The Morgan fingerprint density at radius 3 is 2.91 bits per heavy atom. The molecule has 0 unspecified atom stereocenters. The normalized spacial score (nSPS) is 11.0. The predicted molar refractivity (Wildman–Crippen MR) is 90.8 cm³/mol. The smallest absolute Gasteiger partial charge is 0.131 e. The Hall–Kier alpha value is -2.73. The molecule has 5 nitrogen and oxygen atoms in total. The molecule has 0 spiro atoms. The van der Waals surface area contributed by atoms with Crippen LogP contribution in [0.15, 0.2) is 54.4 Å². The molecular weight excluding hydrogens is 308 g/mol. The fourth-order valence-electron chi connectivity index (χ4n) is 2.34. The third kappa shape index (κ3) is 2.80. The molecule has 4 rings (SSSR count). The Balaban J connectivity index is 1.62. The summed E-state index contributed by atoms with van der Waals surface area (Å²) in [5, 5.41) is 4.28. The maximum atomic E-state index is 5.96. The van der Waals surface area contributed by atoms with Gasteiger partial charge in [0.25, 0.3) is 0 Å². The second kappa shape index (κ2) is 5.81. The number of hydrogen-bond acceptors (Lipinski definition) is 5. The molecule has 0 atom stereocenters. The lowest BCUT2D eigenvalue weighted by atomic mass is 10.2. The average Bonchev–Trinajstić information content (AvgIpc) is 3.24. The number of aryl methyl sites for hydroxylation is 1. The van der Waals surface area contributed by atoms with Crippen molar-refractivity contribution in [1.29, 1.82) is 0 Å². The number of hydrogen-bond donors (Lipinski definition) is 0. The highest BCUT2D eigenvalue weighted by atomic mass is 32.1. The van der Waals surface area contributed by atoms with Crippen molar-refractivity contribution in [2.75, 3.05) is 0 Å². The maximum Gasteiger partial charge on any atom is 0.131 e. The molecule has 0 bridgehead atoms. The summed E-state index contributed by atoms with van der Waals surface area (Å²) in [5.74, 6) is 1.55. The van der Waals surface area contributed by atoms with Gasteiger partial charge >= 0.3 is 0 Å². The van der Waals surface area contributed by atoms with Crippen LogP contribution >= 0.6 is 11.3 Å². The quantitative estimate of drug-likeness (QED) is 0.560. The number of benzene rings is 1. The van der Waals surface area contributed by atoms with E-state index in [0.29, 0.717) is 0 Å². The molecule has 0 fully saturated rings. The van der Waals surface area contributed by atoms with Crippen LogP contribution in [0.4, 0.5) is 0 Å². The summed E-state index contributed by atoms with van der Waals surface area (Å²) < 4.78 is 8.95. The van der Waals surface area contributed by atoms with Gasteiger partial charge in [-0.3, -0.25) is 9.67 Å². The van der Waals surface area contributed by atoms with E-state index in [1.165, 1.54) is 0 Å². The standard InChI is InChI=1S/C17H14N4OS/c1-2-21-10-12(9-20-21)16-7-14(5-6-18-16)22-13-3-4-15-17(8-13)23-11-19-15/h3-11H,2H2,1H3. The van der Waals surface area contributed by atoms with Gasteiger partial charge in [0.1, 0.15) is 11.5 Å². The number of ether oxygens (including phenoxy) is 1. The van der Waals surface area contributed by atoms with E-state index in [9.17, 15) is 0 Å². The van der Waals surface area contributed by atoms with E-state index in [2.05, 4.69) is 22.0 Å². The van der Waals surface area contributed by atoms with Gasteiger partial charge in [0.2, 0.25) is 0 Å². The lowest BCUT2D eigenvalue weighted by molar-refractivity contribution is 0.483. The summed E-state index contributed by atoms with van der Waals surface area (Å²) >= 11 is 1.60. The van der Waals surface area contributed by atoms with E-state index in [1.807, 2.05) is 52.9 Å². The van der Waals surface area contributed by atoms with E-state index in [-0.39, 0.29) is 0 Å². The summed E-state index contributed by atoms with van der Waals surface area (Å²) in [7, 11) is 0. The van der Waals surface area contributed by atoms with Crippen LogP contribution in [0.5, 0.6) is 11.5 Å². The van der Waals surface area contributed by atoms with Gasteiger partial charge in [0, 0.05) is 36.6 Å². The molecule has 0 saturated carbocycles. The second-order valence-corrected chi connectivity index (χ2v) is 5.93.